The Balaban J connectivity index is 1.73. The molecule has 1 aromatic rings. The van der Waals surface area contributed by atoms with Crippen LogP contribution in [0.5, 0.6) is 5.75 Å². The van der Waals surface area contributed by atoms with Crippen molar-refractivity contribution in [2.45, 2.75) is 32.6 Å². The molecule has 1 aliphatic heterocycles. The normalized spacial score (nSPS) is 19.4. The lowest BCUT2D eigenvalue weighted by atomic mass is 10.0. The van der Waals surface area contributed by atoms with Gasteiger partial charge in [0, 0.05) is 18.8 Å². The van der Waals surface area contributed by atoms with Crippen LogP contribution < -0.4 is 10.5 Å². The fourth-order valence-electron chi connectivity index (χ4n) is 2.49. The number of hydrogen-bond donors (Lipinski definition) is 1. The largest absolute Gasteiger partial charge is 0.493 e. The molecule has 1 aliphatic rings. The molecule has 0 aromatic heterocycles. The van der Waals surface area contributed by atoms with Crippen LogP contribution in [0.15, 0.2) is 24.3 Å². The number of nitrogen functional groups attached to an aromatic ring is 1. The molecular formula is C16H24N2O2. The minimum atomic E-state index is 0.203. The van der Waals surface area contributed by atoms with Gasteiger partial charge in [-0.3, -0.25) is 4.79 Å². The fourth-order valence-corrected chi connectivity index (χ4v) is 2.49. The molecule has 2 rings (SSSR count). The lowest BCUT2D eigenvalue weighted by Gasteiger charge is -2.20. The molecular weight excluding hydrogens is 252 g/mol. The van der Waals surface area contributed by atoms with Gasteiger partial charge in [0.25, 0.3) is 0 Å². The van der Waals surface area contributed by atoms with Crippen molar-refractivity contribution < 1.29 is 9.53 Å². The van der Waals surface area contributed by atoms with Crippen LogP contribution in [0.4, 0.5) is 5.69 Å². The topological polar surface area (TPSA) is 55.6 Å². The molecule has 1 unspecified atom stereocenters. The van der Waals surface area contributed by atoms with E-state index in [1.54, 1.807) is 12.1 Å². The molecule has 1 fully saturated rings. The molecule has 2 N–H and O–H groups in total. The highest BCUT2D eigenvalue weighted by molar-refractivity contribution is 5.76. The number of nitrogens with zero attached hydrogens (tertiary/aromatic N) is 1. The first kappa shape index (κ1) is 14.7. The van der Waals surface area contributed by atoms with Crippen molar-refractivity contribution in [2.75, 3.05) is 25.4 Å². The SMILES string of the molecule is CC1CCCN(C(=O)CCOc2ccc(N)cc2)CC1. The average molecular weight is 276 g/mol. The lowest BCUT2D eigenvalue weighted by Crippen LogP contribution is -2.32. The number of carbonyl (C=O) groups excluding carboxylic acids is 1. The van der Waals surface area contributed by atoms with Crippen molar-refractivity contribution in [3.63, 3.8) is 0 Å². The van der Waals surface area contributed by atoms with Gasteiger partial charge >= 0.3 is 0 Å². The number of rotatable bonds is 4. The number of likely N-dealkylation sites (tertiary alicyclic amines) is 1. The van der Waals surface area contributed by atoms with E-state index in [9.17, 15) is 4.79 Å². The summed E-state index contributed by atoms with van der Waals surface area (Å²) in [6.07, 6.45) is 3.90. The third kappa shape index (κ3) is 4.44. The Kier molecular flexibility index (Phi) is 5.27. The zero-order valence-corrected chi connectivity index (χ0v) is 12.2. The van der Waals surface area contributed by atoms with E-state index in [4.69, 9.17) is 10.5 Å². The second-order valence-electron chi connectivity index (χ2n) is 5.58. The van der Waals surface area contributed by atoms with Gasteiger partial charge in [-0.05, 0) is 49.4 Å². The molecule has 0 bridgehead atoms. The van der Waals surface area contributed by atoms with Crippen molar-refractivity contribution >= 4 is 11.6 Å². The Morgan fingerprint density at radius 2 is 2.05 bits per heavy atom. The predicted molar refractivity (Wildman–Crippen MR) is 80.6 cm³/mol. The lowest BCUT2D eigenvalue weighted by molar-refractivity contribution is -0.131. The first-order chi connectivity index (χ1) is 9.65. The summed E-state index contributed by atoms with van der Waals surface area (Å²) in [7, 11) is 0. The van der Waals surface area contributed by atoms with Crippen LogP contribution in [0.2, 0.25) is 0 Å². The number of benzene rings is 1. The third-order valence-electron chi connectivity index (χ3n) is 3.83. The first-order valence-corrected chi connectivity index (χ1v) is 7.41. The van der Waals surface area contributed by atoms with E-state index in [1.807, 2.05) is 17.0 Å². The Hall–Kier alpha value is -1.71. The maximum absolute atomic E-state index is 12.1. The Morgan fingerprint density at radius 1 is 1.30 bits per heavy atom. The highest BCUT2D eigenvalue weighted by Gasteiger charge is 2.18. The van der Waals surface area contributed by atoms with Crippen molar-refractivity contribution in [2.24, 2.45) is 5.92 Å². The summed E-state index contributed by atoms with van der Waals surface area (Å²) in [5.74, 6) is 1.70. The monoisotopic (exact) mass is 276 g/mol. The van der Waals surface area contributed by atoms with Gasteiger partial charge in [0.05, 0.1) is 13.0 Å². The quantitative estimate of drug-likeness (QED) is 0.860. The average Bonchev–Trinajstić information content (AvgIpc) is 2.66. The molecule has 0 saturated carbocycles. The smallest absolute Gasteiger partial charge is 0.225 e. The number of ether oxygens (including phenoxy) is 1. The molecule has 1 atom stereocenters. The third-order valence-corrected chi connectivity index (χ3v) is 3.83. The van der Waals surface area contributed by atoms with Crippen LogP contribution in [0.1, 0.15) is 32.6 Å². The zero-order chi connectivity index (χ0) is 14.4. The Bertz CT molecular complexity index is 431. The summed E-state index contributed by atoms with van der Waals surface area (Å²) in [4.78, 5) is 14.1. The van der Waals surface area contributed by atoms with Crippen LogP contribution >= 0.6 is 0 Å². The van der Waals surface area contributed by atoms with Crippen LogP contribution in [-0.2, 0) is 4.79 Å². The second-order valence-corrected chi connectivity index (χ2v) is 5.58. The van der Waals surface area contributed by atoms with E-state index in [2.05, 4.69) is 6.92 Å². The summed E-state index contributed by atoms with van der Waals surface area (Å²) >= 11 is 0. The number of carbonyl (C=O) groups is 1. The van der Waals surface area contributed by atoms with Crippen LogP contribution in [-0.4, -0.2) is 30.5 Å². The minimum absolute atomic E-state index is 0.203. The van der Waals surface area contributed by atoms with E-state index in [0.717, 1.165) is 37.6 Å². The van der Waals surface area contributed by atoms with Crippen molar-refractivity contribution in [3.8, 4) is 5.75 Å². The van der Waals surface area contributed by atoms with E-state index in [-0.39, 0.29) is 5.91 Å². The predicted octanol–water partition coefficient (Wildman–Crippen LogP) is 2.69. The number of hydrogen-bond acceptors (Lipinski definition) is 3. The van der Waals surface area contributed by atoms with E-state index >= 15 is 0 Å². The summed E-state index contributed by atoms with van der Waals surface area (Å²) in [5, 5.41) is 0. The molecule has 0 radical (unpaired) electrons. The molecule has 1 amide bonds. The molecule has 0 spiro atoms. The molecule has 1 heterocycles. The molecule has 4 nitrogen and oxygen atoms in total. The molecule has 1 saturated heterocycles. The van der Waals surface area contributed by atoms with Crippen molar-refractivity contribution in [1.29, 1.82) is 0 Å². The fraction of sp³-hybridized carbons (Fsp3) is 0.562. The Labute approximate surface area is 120 Å². The van der Waals surface area contributed by atoms with Gasteiger partial charge in [0.15, 0.2) is 0 Å². The van der Waals surface area contributed by atoms with Crippen LogP contribution in [0.25, 0.3) is 0 Å². The summed E-state index contributed by atoms with van der Waals surface area (Å²) < 4.78 is 5.57. The Morgan fingerprint density at radius 3 is 2.80 bits per heavy atom. The number of nitrogens with two attached hydrogens (primary N) is 1. The van der Waals surface area contributed by atoms with Crippen LogP contribution in [0.3, 0.4) is 0 Å². The highest BCUT2D eigenvalue weighted by atomic mass is 16.5. The number of anilines is 1. The maximum Gasteiger partial charge on any atom is 0.225 e. The van der Waals surface area contributed by atoms with Gasteiger partial charge in [-0.25, -0.2) is 0 Å². The van der Waals surface area contributed by atoms with Gasteiger partial charge in [-0.15, -0.1) is 0 Å². The van der Waals surface area contributed by atoms with Crippen molar-refractivity contribution in [3.05, 3.63) is 24.3 Å². The van der Waals surface area contributed by atoms with Gasteiger partial charge in [-0.2, -0.15) is 0 Å². The molecule has 20 heavy (non-hydrogen) atoms. The molecule has 4 heteroatoms. The second kappa shape index (κ2) is 7.17. The van der Waals surface area contributed by atoms with Gasteiger partial charge in [-0.1, -0.05) is 6.92 Å². The highest BCUT2D eigenvalue weighted by Crippen LogP contribution is 2.17. The molecule has 1 aromatic carbocycles. The van der Waals surface area contributed by atoms with E-state index in [1.165, 1.54) is 6.42 Å². The molecule has 0 aliphatic carbocycles. The van der Waals surface area contributed by atoms with E-state index in [0.29, 0.717) is 18.7 Å². The molecule has 110 valence electrons. The summed E-state index contributed by atoms with van der Waals surface area (Å²) in [6.45, 7) is 4.47. The van der Waals surface area contributed by atoms with Gasteiger partial charge in [0.1, 0.15) is 5.75 Å². The van der Waals surface area contributed by atoms with Crippen molar-refractivity contribution in [1.82, 2.24) is 4.90 Å². The standard InChI is InChI=1S/C16H24N2O2/c1-13-3-2-10-18(11-8-13)16(19)9-12-20-15-6-4-14(17)5-7-15/h4-7,13H,2-3,8-12,17H2,1H3. The summed E-state index contributed by atoms with van der Waals surface area (Å²) in [5.41, 5.74) is 6.33. The van der Waals surface area contributed by atoms with Gasteiger partial charge < -0.3 is 15.4 Å². The van der Waals surface area contributed by atoms with E-state index < -0.39 is 0 Å². The summed E-state index contributed by atoms with van der Waals surface area (Å²) in [6, 6.07) is 7.25. The zero-order valence-electron chi connectivity index (χ0n) is 12.2. The maximum atomic E-state index is 12.1. The van der Waals surface area contributed by atoms with Gasteiger partial charge in [0.2, 0.25) is 5.91 Å². The van der Waals surface area contributed by atoms with Crippen LogP contribution in [0, 0.1) is 5.92 Å². The number of amides is 1. The first-order valence-electron chi connectivity index (χ1n) is 7.41. The minimum Gasteiger partial charge on any atom is -0.493 e.